The highest BCUT2D eigenvalue weighted by molar-refractivity contribution is 5.83. The number of amides is 1. The minimum Gasteiger partial charge on any atom is -0.477 e. The molecule has 0 radical (unpaired) electrons. The monoisotopic (exact) mass is 248 g/mol. The van der Waals surface area contributed by atoms with Crippen molar-refractivity contribution in [1.82, 2.24) is 5.32 Å². The van der Waals surface area contributed by atoms with Crippen LogP contribution in [0.4, 0.5) is 5.69 Å². The van der Waals surface area contributed by atoms with E-state index in [1.807, 2.05) is 24.3 Å². The molecule has 1 atom stereocenters. The Labute approximate surface area is 105 Å². The van der Waals surface area contributed by atoms with Crippen LogP contribution < -0.4 is 15.4 Å². The summed E-state index contributed by atoms with van der Waals surface area (Å²) in [5, 5.41) is 15.2. The average molecular weight is 248 g/mol. The van der Waals surface area contributed by atoms with Gasteiger partial charge in [0.05, 0.1) is 18.3 Å². The van der Waals surface area contributed by atoms with Gasteiger partial charge in [0.1, 0.15) is 5.75 Å². The van der Waals surface area contributed by atoms with Gasteiger partial charge in [0, 0.05) is 6.04 Å². The zero-order valence-electron chi connectivity index (χ0n) is 9.93. The van der Waals surface area contributed by atoms with Crippen molar-refractivity contribution in [3.63, 3.8) is 0 Å². The Morgan fingerprint density at radius 1 is 1.39 bits per heavy atom. The molecule has 1 aromatic rings. The third-order valence-electron chi connectivity index (χ3n) is 3.39. The summed E-state index contributed by atoms with van der Waals surface area (Å²) in [7, 11) is 0. The first-order valence-electron chi connectivity index (χ1n) is 6.20. The lowest BCUT2D eigenvalue weighted by Gasteiger charge is -2.34. The van der Waals surface area contributed by atoms with Crippen molar-refractivity contribution < 1.29 is 14.6 Å². The maximum Gasteiger partial charge on any atom is 0.263 e. The Bertz CT molecular complexity index is 457. The van der Waals surface area contributed by atoms with Crippen LogP contribution in [0.3, 0.4) is 0 Å². The van der Waals surface area contributed by atoms with E-state index in [1.165, 1.54) is 0 Å². The molecule has 1 unspecified atom stereocenters. The topological polar surface area (TPSA) is 70.6 Å². The van der Waals surface area contributed by atoms with Gasteiger partial charge in [-0.1, -0.05) is 12.1 Å². The van der Waals surface area contributed by atoms with E-state index in [0.29, 0.717) is 25.1 Å². The van der Waals surface area contributed by atoms with Gasteiger partial charge >= 0.3 is 0 Å². The van der Waals surface area contributed by atoms with Crippen LogP contribution >= 0.6 is 0 Å². The van der Waals surface area contributed by atoms with Crippen molar-refractivity contribution in [2.75, 3.05) is 11.9 Å². The van der Waals surface area contributed by atoms with Gasteiger partial charge in [-0.05, 0) is 25.0 Å². The van der Waals surface area contributed by atoms with Crippen LogP contribution in [0.2, 0.25) is 0 Å². The molecule has 2 aliphatic rings. The Morgan fingerprint density at radius 2 is 2.17 bits per heavy atom. The molecule has 1 aliphatic heterocycles. The van der Waals surface area contributed by atoms with Gasteiger partial charge in [-0.3, -0.25) is 4.79 Å². The van der Waals surface area contributed by atoms with Crippen LogP contribution in [0, 0.1) is 0 Å². The number of para-hydroxylation sites is 2. The molecule has 0 bridgehead atoms. The number of hydrogen-bond donors (Lipinski definition) is 3. The Morgan fingerprint density at radius 3 is 2.94 bits per heavy atom. The van der Waals surface area contributed by atoms with Crippen LogP contribution in [-0.2, 0) is 4.79 Å². The number of anilines is 1. The van der Waals surface area contributed by atoms with Gasteiger partial charge in [-0.25, -0.2) is 0 Å². The first-order chi connectivity index (χ1) is 8.72. The summed E-state index contributed by atoms with van der Waals surface area (Å²) in [6.45, 7) is 0.470. The lowest BCUT2D eigenvalue weighted by atomic mass is 9.89. The Balaban J connectivity index is 1.60. The number of ether oxygens (including phenoxy) is 1. The van der Waals surface area contributed by atoms with E-state index in [2.05, 4.69) is 10.6 Å². The Kier molecular flexibility index (Phi) is 2.83. The van der Waals surface area contributed by atoms with Crippen molar-refractivity contribution in [1.29, 1.82) is 0 Å². The second kappa shape index (κ2) is 4.49. The SMILES string of the molecule is O=C(NC1CC(O)C1)C1CNc2ccccc2O1. The first kappa shape index (κ1) is 11.3. The van der Waals surface area contributed by atoms with Gasteiger partial charge in [0.25, 0.3) is 5.91 Å². The van der Waals surface area contributed by atoms with Crippen molar-refractivity contribution in [2.45, 2.75) is 31.1 Å². The molecule has 3 rings (SSSR count). The van der Waals surface area contributed by atoms with Crippen LogP contribution in [0.25, 0.3) is 0 Å². The minimum absolute atomic E-state index is 0.0910. The molecular formula is C13H16N2O3. The highest BCUT2D eigenvalue weighted by Crippen LogP contribution is 2.28. The quantitative estimate of drug-likeness (QED) is 0.712. The number of hydrogen-bond acceptors (Lipinski definition) is 4. The molecule has 1 aromatic carbocycles. The standard InChI is InChI=1S/C13H16N2O3/c16-9-5-8(6-9)15-13(17)12-7-14-10-3-1-2-4-11(10)18-12/h1-4,8-9,12,14,16H,5-7H2,(H,15,17). The fraction of sp³-hybridized carbons (Fsp3) is 0.462. The molecule has 1 fully saturated rings. The van der Waals surface area contributed by atoms with Crippen LogP contribution in [-0.4, -0.2) is 35.8 Å². The van der Waals surface area contributed by atoms with Gasteiger partial charge in [-0.2, -0.15) is 0 Å². The molecule has 1 aliphatic carbocycles. The van der Waals surface area contributed by atoms with Crippen molar-refractivity contribution in [3.05, 3.63) is 24.3 Å². The largest absolute Gasteiger partial charge is 0.477 e. The van der Waals surface area contributed by atoms with Gasteiger partial charge in [0.15, 0.2) is 6.10 Å². The lowest BCUT2D eigenvalue weighted by molar-refractivity contribution is -0.129. The predicted octanol–water partition coefficient (Wildman–Crippen LogP) is 0.499. The second-order valence-corrected chi connectivity index (χ2v) is 4.81. The summed E-state index contributed by atoms with van der Waals surface area (Å²) < 4.78 is 5.65. The fourth-order valence-electron chi connectivity index (χ4n) is 2.26. The number of benzene rings is 1. The summed E-state index contributed by atoms with van der Waals surface area (Å²) in [5.41, 5.74) is 0.917. The molecule has 18 heavy (non-hydrogen) atoms. The highest BCUT2D eigenvalue weighted by atomic mass is 16.5. The number of aliphatic hydroxyl groups excluding tert-OH is 1. The normalized spacial score (nSPS) is 29.3. The molecule has 3 N–H and O–H groups in total. The summed E-state index contributed by atoms with van der Waals surface area (Å²) in [6.07, 6.45) is 0.518. The molecule has 5 heteroatoms. The van der Waals surface area contributed by atoms with E-state index in [4.69, 9.17) is 4.74 Å². The van der Waals surface area contributed by atoms with Gasteiger partial charge in [0.2, 0.25) is 0 Å². The number of aliphatic hydroxyl groups is 1. The summed E-state index contributed by atoms with van der Waals surface area (Å²) >= 11 is 0. The number of nitrogens with one attached hydrogen (secondary N) is 2. The molecule has 0 saturated heterocycles. The summed E-state index contributed by atoms with van der Waals surface area (Å²) in [4.78, 5) is 12.0. The Hall–Kier alpha value is -1.75. The van der Waals surface area contributed by atoms with Crippen molar-refractivity contribution >= 4 is 11.6 Å². The zero-order valence-corrected chi connectivity index (χ0v) is 9.93. The van der Waals surface area contributed by atoms with E-state index < -0.39 is 6.10 Å². The van der Waals surface area contributed by atoms with Crippen LogP contribution in [0.5, 0.6) is 5.75 Å². The fourth-order valence-corrected chi connectivity index (χ4v) is 2.26. The van der Waals surface area contributed by atoms with E-state index >= 15 is 0 Å². The molecular weight excluding hydrogens is 232 g/mol. The number of carbonyl (C=O) groups is 1. The molecule has 1 saturated carbocycles. The lowest BCUT2D eigenvalue weighted by Crippen LogP contribution is -2.53. The number of fused-ring (bicyclic) bond motifs is 1. The summed E-state index contributed by atoms with van der Waals surface area (Å²) in [6, 6.07) is 7.66. The average Bonchev–Trinajstić information content (AvgIpc) is 2.36. The summed E-state index contributed by atoms with van der Waals surface area (Å²) in [5.74, 6) is 0.589. The maximum atomic E-state index is 12.0. The van der Waals surface area contributed by atoms with E-state index in [9.17, 15) is 9.90 Å². The van der Waals surface area contributed by atoms with E-state index in [0.717, 1.165) is 5.69 Å². The number of carbonyl (C=O) groups excluding carboxylic acids is 1. The molecule has 5 nitrogen and oxygen atoms in total. The molecule has 1 heterocycles. The molecule has 0 spiro atoms. The third-order valence-corrected chi connectivity index (χ3v) is 3.39. The molecule has 1 amide bonds. The first-order valence-corrected chi connectivity index (χ1v) is 6.20. The highest BCUT2D eigenvalue weighted by Gasteiger charge is 2.32. The van der Waals surface area contributed by atoms with Crippen LogP contribution in [0.1, 0.15) is 12.8 Å². The van der Waals surface area contributed by atoms with Crippen molar-refractivity contribution in [2.24, 2.45) is 0 Å². The van der Waals surface area contributed by atoms with Crippen molar-refractivity contribution in [3.8, 4) is 5.75 Å². The van der Waals surface area contributed by atoms with Gasteiger partial charge in [-0.15, -0.1) is 0 Å². The van der Waals surface area contributed by atoms with E-state index in [-0.39, 0.29) is 18.1 Å². The second-order valence-electron chi connectivity index (χ2n) is 4.81. The zero-order chi connectivity index (χ0) is 12.5. The van der Waals surface area contributed by atoms with Gasteiger partial charge < -0.3 is 20.5 Å². The third kappa shape index (κ3) is 2.13. The molecule has 96 valence electrons. The minimum atomic E-state index is -0.502. The van der Waals surface area contributed by atoms with Crippen LogP contribution in [0.15, 0.2) is 24.3 Å². The maximum absolute atomic E-state index is 12.0. The predicted molar refractivity (Wildman–Crippen MR) is 66.5 cm³/mol. The smallest absolute Gasteiger partial charge is 0.263 e. The molecule has 0 aromatic heterocycles. The van der Waals surface area contributed by atoms with E-state index in [1.54, 1.807) is 0 Å². The number of rotatable bonds is 2.